The SMILES string of the molecule is C[C@@H]1O[C@@H](OC[C@H]2O[C@@H](O)[C@H](OCc3ccccc3)[C@@H](OCc3ccccc3)[C@@H]2OCc2ccccc2)C[C@H](OCc2ccccc2)[C@H]1OCc1ccccc1. The minimum Gasteiger partial charge on any atom is -0.371 e. The molecule has 9 heteroatoms. The Morgan fingerprint density at radius 2 is 0.821 bits per heavy atom. The number of benzene rings is 5. The van der Waals surface area contributed by atoms with Crippen molar-refractivity contribution in [1.82, 2.24) is 0 Å². The van der Waals surface area contributed by atoms with Gasteiger partial charge in [-0.1, -0.05) is 152 Å². The largest absolute Gasteiger partial charge is 0.371 e. The second-order valence-corrected chi connectivity index (χ2v) is 14.3. The van der Waals surface area contributed by atoms with E-state index in [1.54, 1.807) is 0 Å². The summed E-state index contributed by atoms with van der Waals surface area (Å²) in [7, 11) is 0. The molecule has 0 aliphatic carbocycles. The number of ether oxygens (including phenoxy) is 8. The highest BCUT2D eigenvalue weighted by molar-refractivity contribution is 5.17. The fraction of sp³-hybridized carbons (Fsp3) is 0.362. The maximum absolute atomic E-state index is 11.6. The molecule has 9 nitrogen and oxygen atoms in total. The summed E-state index contributed by atoms with van der Waals surface area (Å²) in [6.45, 7) is 3.75. The Balaban J connectivity index is 1.08. The van der Waals surface area contributed by atoms with Crippen LogP contribution in [0, 0.1) is 0 Å². The van der Waals surface area contributed by atoms with E-state index in [0.29, 0.717) is 26.2 Å². The summed E-state index contributed by atoms with van der Waals surface area (Å²) in [6.07, 6.45) is -5.43. The van der Waals surface area contributed by atoms with Gasteiger partial charge in [0.05, 0.1) is 51.8 Å². The third-order valence-electron chi connectivity index (χ3n) is 10.1. The first-order chi connectivity index (χ1) is 27.6. The minimum atomic E-state index is -1.31. The van der Waals surface area contributed by atoms with Crippen LogP contribution >= 0.6 is 0 Å². The quantitative estimate of drug-likeness (QED) is 0.0962. The molecule has 294 valence electrons. The van der Waals surface area contributed by atoms with Crippen LogP contribution in [0.15, 0.2) is 152 Å². The maximum atomic E-state index is 11.6. The van der Waals surface area contributed by atoms with Crippen molar-refractivity contribution in [2.45, 2.75) is 102 Å². The van der Waals surface area contributed by atoms with E-state index < -0.39 is 37.0 Å². The number of rotatable bonds is 18. The Kier molecular flexibility index (Phi) is 14.8. The van der Waals surface area contributed by atoms with Crippen molar-refractivity contribution < 1.29 is 43.0 Å². The van der Waals surface area contributed by atoms with Gasteiger partial charge in [-0.15, -0.1) is 0 Å². The lowest BCUT2D eigenvalue weighted by Gasteiger charge is -2.45. The van der Waals surface area contributed by atoms with E-state index in [1.807, 2.05) is 159 Å². The molecule has 7 rings (SSSR count). The standard InChI is InChI=1S/C47H52O9/c1-34-43(51-29-36-19-9-3-10-20-36)40(49-28-35-17-7-2-8-18-35)27-42(55-34)50-33-41-44(52-30-37-21-11-4-12-22-37)45(53-31-38-23-13-5-14-24-38)46(47(48)56-41)54-32-39-25-15-6-16-26-39/h2-26,34,40-48H,27-33H2,1H3/t34-,40-,41+,42+,43-,44+,45-,46+,47+/m0/s1. The number of hydrogen-bond donors (Lipinski definition) is 1. The maximum Gasteiger partial charge on any atom is 0.184 e. The normalized spacial score (nSPS) is 26.5. The minimum absolute atomic E-state index is 0.0610. The zero-order valence-electron chi connectivity index (χ0n) is 31.8. The fourth-order valence-corrected chi connectivity index (χ4v) is 7.16. The Morgan fingerprint density at radius 3 is 1.27 bits per heavy atom. The summed E-state index contributed by atoms with van der Waals surface area (Å²) in [4.78, 5) is 0. The molecule has 0 spiro atoms. The second-order valence-electron chi connectivity index (χ2n) is 14.3. The summed E-state index contributed by atoms with van der Waals surface area (Å²) >= 11 is 0. The molecule has 0 unspecified atom stereocenters. The van der Waals surface area contributed by atoms with Gasteiger partial charge in [0.25, 0.3) is 0 Å². The molecule has 5 aromatic carbocycles. The third-order valence-corrected chi connectivity index (χ3v) is 10.1. The smallest absolute Gasteiger partial charge is 0.184 e. The summed E-state index contributed by atoms with van der Waals surface area (Å²) in [6, 6.07) is 49.9. The summed E-state index contributed by atoms with van der Waals surface area (Å²) in [5.41, 5.74) is 5.09. The summed E-state index contributed by atoms with van der Waals surface area (Å²) < 4.78 is 52.0. The van der Waals surface area contributed by atoms with Crippen LogP contribution in [0.3, 0.4) is 0 Å². The number of aliphatic hydroxyl groups is 1. The van der Waals surface area contributed by atoms with E-state index in [2.05, 4.69) is 0 Å². The average Bonchev–Trinajstić information content (AvgIpc) is 3.24. The molecule has 0 aromatic heterocycles. The summed E-state index contributed by atoms with van der Waals surface area (Å²) in [5, 5.41) is 11.6. The molecule has 2 fully saturated rings. The van der Waals surface area contributed by atoms with E-state index in [-0.39, 0.29) is 38.1 Å². The zero-order chi connectivity index (χ0) is 38.4. The Hall–Kier alpha value is -4.26. The van der Waals surface area contributed by atoms with Gasteiger partial charge in [0.1, 0.15) is 30.5 Å². The van der Waals surface area contributed by atoms with Crippen LogP contribution in [0.5, 0.6) is 0 Å². The van der Waals surface area contributed by atoms with E-state index >= 15 is 0 Å². The molecule has 0 radical (unpaired) electrons. The Labute approximate surface area is 330 Å². The fourth-order valence-electron chi connectivity index (χ4n) is 7.16. The predicted molar refractivity (Wildman–Crippen MR) is 211 cm³/mol. The van der Waals surface area contributed by atoms with Crippen LogP contribution in [0.4, 0.5) is 0 Å². The van der Waals surface area contributed by atoms with Gasteiger partial charge >= 0.3 is 0 Å². The van der Waals surface area contributed by atoms with Gasteiger partial charge in [0, 0.05) is 6.42 Å². The summed E-state index contributed by atoms with van der Waals surface area (Å²) in [5.74, 6) is 0. The first-order valence-corrected chi connectivity index (χ1v) is 19.5. The van der Waals surface area contributed by atoms with E-state index in [9.17, 15) is 5.11 Å². The monoisotopic (exact) mass is 760 g/mol. The van der Waals surface area contributed by atoms with Crippen molar-refractivity contribution in [2.75, 3.05) is 6.61 Å². The van der Waals surface area contributed by atoms with Crippen LogP contribution in [0.1, 0.15) is 41.2 Å². The highest BCUT2D eigenvalue weighted by Crippen LogP contribution is 2.32. The molecule has 2 saturated heterocycles. The van der Waals surface area contributed by atoms with Gasteiger partial charge in [-0.2, -0.15) is 0 Å². The predicted octanol–water partition coefficient (Wildman–Crippen LogP) is 7.78. The molecule has 1 N–H and O–H groups in total. The lowest BCUT2D eigenvalue weighted by Crippen LogP contribution is -2.61. The van der Waals surface area contributed by atoms with Crippen LogP contribution in [-0.2, 0) is 70.9 Å². The van der Waals surface area contributed by atoms with Gasteiger partial charge in [-0.05, 0) is 34.7 Å². The Morgan fingerprint density at radius 1 is 0.446 bits per heavy atom. The van der Waals surface area contributed by atoms with Gasteiger partial charge in [-0.25, -0.2) is 0 Å². The van der Waals surface area contributed by atoms with Crippen LogP contribution in [-0.4, -0.2) is 67.0 Å². The van der Waals surface area contributed by atoms with E-state index in [1.165, 1.54) is 0 Å². The lowest BCUT2D eigenvalue weighted by atomic mass is 9.97. The molecule has 0 saturated carbocycles. The van der Waals surface area contributed by atoms with Crippen molar-refractivity contribution in [2.24, 2.45) is 0 Å². The van der Waals surface area contributed by atoms with E-state index in [4.69, 9.17) is 37.9 Å². The van der Waals surface area contributed by atoms with Crippen molar-refractivity contribution in [3.05, 3.63) is 179 Å². The molecule has 2 aliphatic heterocycles. The highest BCUT2D eigenvalue weighted by Gasteiger charge is 2.49. The molecule has 0 bridgehead atoms. The van der Waals surface area contributed by atoms with Crippen molar-refractivity contribution in [3.8, 4) is 0 Å². The second kappa shape index (κ2) is 20.8. The molecule has 5 aromatic rings. The highest BCUT2D eigenvalue weighted by atomic mass is 16.7. The molecular formula is C47H52O9. The average molecular weight is 761 g/mol. The Bertz CT molecular complexity index is 1820. The molecule has 56 heavy (non-hydrogen) atoms. The number of aliphatic hydroxyl groups excluding tert-OH is 1. The van der Waals surface area contributed by atoms with Crippen molar-refractivity contribution in [1.29, 1.82) is 0 Å². The van der Waals surface area contributed by atoms with Crippen LogP contribution in [0.2, 0.25) is 0 Å². The van der Waals surface area contributed by atoms with Gasteiger partial charge in [0.2, 0.25) is 0 Å². The molecule has 2 aliphatic rings. The van der Waals surface area contributed by atoms with E-state index in [0.717, 1.165) is 27.8 Å². The van der Waals surface area contributed by atoms with Crippen molar-refractivity contribution >= 4 is 0 Å². The van der Waals surface area contributed by atoms with Gasteiger partial charge in [0.15, 0.2) is 12.6 Å². The zero-order valence-corrected chi connectivity index (χ0v) is 31.8. The topological polar surface area (TPSA) is 94.1 Å². The first kappa shape index (κ1) is 40.0. The van der Waals surface area contributed by atoms with Crippen LogP contribution < -0.4 is 0 Å². The van der Waals surface area contributed by atoms with Gasteiger partial charge < -0.3 is 43.0 Å². The van der Waals surface area contributed by atoms with Crippen LogP contribution in [0.25, 0.3) is 0 Å². The molecule has 9 atom stereocenters. The lowest BCUT2D eigenvalue weighted by molar-refractivity contribution is -0.328. The first-order valence-electron chi connectivity index (χ1n) is 19.5. The van der Waals surface area contributed by atoms with Crippen molar-refractivity contribution in [3.63, 3.8) is 0 Å². The van der Waals surface area contributed by atoms with Gasteiger partial charge in [-0.3, -0.25) is 0 Å². The molecule has 0 amide bonds. The molecular weight excluding hydrogens is 709 g/mol. The third kappa shape index (κ3) is 11.4. The number of hydrogen-bond acceptors (Lipinski definition) is 9. The molecule has 2 heterocycles.